The molecule has 25 heavy (non-hydrogen) atoms. The molecule has 2 fully saturated rings. The minimum Gasteiger partial charge on any atom is -0.370 e. The van der Waals surface area contributed by atoms with E-state index < -0.39 is 0 Å². The molecule has 2 aliphatic rings. The van der Waals surface area contributed by atoms with Crippen molar-refractivity contribution in [3.8, 4) is 0 Å². The number of benzene rings is 1. The molecule has 1 heterocycles. The van der Waals surface area contributed by atoms with Crippen LogP contribution in [0.4, 0.5) is 0 Å². The number of rotatable bonds is 5. The zero-order valence-corrected chi connectivity index (χ0v) is 15.5. The second-order valence-electron chi connectivity index (χ2n) is 7.94. The van der Waals surface area contributed by atoms with Crippen LogP contribution in [0.1, 0.15) is 55.2 Å². The summed E-state index contributed by atoms with van der Waals surface area (Å²) in [4.78, 5) is 26.2. The summed E-state index contributed by atoms with van der Waals surface area (Å²) in [5, 5.41) is 0. The Morgan fingerprint density at radius 1 is 1.12 bits per heavy atom. The Hall–Kier alpha value is -1.84. The number of aryl methyl sites for hydroxylation is 2. The van der Waals surface area contributed by atoms with Gasteiger partial charge in [0.25, 0.3) is 0 Å². The van der Waals surface area contributed by atoms with E-state index in [0.717, 1.165) is 45.1 Å². The van der Waals surface area contributed by atoms with Gasteiger partial charge in [-0.05, 0) is 75.0 Å². The standard InChI is InChI=1S/C21H30N2O2/c1-14-4-3-5-15(2)19(14)13-17-10-11-23(21(17)25)18-8-6-16(7-9-18)12-20(22)24/h3-5,16-18H,6-13H2,1-2H3,(H2,22,24). The molecule has 0 spiro atoms. The number of nitrogens with zero attached hydrogens (tertiary/aromatic N) is 1. The fourth-order valence-corrected chi connectivity index (χ4v) is 4.68. The van der Waals surface area contributed by atoms with E-state index in [1.54, 1.807) is 0 Å². The van der Waals surface area contributed by atoms with Gasteiger partial charge in [-0.3, -0.25) is 9.59 Å². The number of hydrogen-bond acceptors (Lipinski definition) is 2. The van der Waals surface area contributed by atoms with Crippen molar-refractivity contribution in [1.29, 1.82) is 0 Å². The lowest BCUT2D eigenvalue weighted by Crippen LogP contribution is -2.40. The van der Waals surface area contributed by atoms with Crippen LogP contribution in [0.5, 0.6) is 0 Å². The number of likely N-dealkylation sites (tertiary alicyclic amines) is 1. The molecule has 1 atom stereocenters. The molecule has 1 unspecified atom stereocenters. The second kappa shape index (κ2) is 7.59. The minimum absolute atomic E-state index is 0.128. The fourth-order valence-electron chi connectivity index (χ4n) is 4.68. The molecule has 1 aromatic rings. The second-order valence-corrected chi connectivity index (χ2v) is 7.94. The van der Waals surface area contributed by atoms with Crippen LogP contribution >= 0.6 is 0 Å². The molecule has 2 N–H and O–H groups in total. The van der Waals surface area contributed by atoms with Crippen LogP contribution < -0.4 is 5.73 Å². The Balaban J connectivity index is 1.58. The average molecular weight is 342 g/mol. The van der Waals surface area contributed by atoms with Crippen molar-refractivity contribution in [2.75, 3.05) is 6.54 Å². The third-order valence-corrected chi connectivity index (χ3v) is 6.19. The molecule has 136 valence electrons. The SMILES string of the molecule is Cc1cccc(C)c1CC1CCN(C2CCC(CC(N)=O)CC2)C1=O. The molecule has 1 aliphatic carbocycles. The molecule has 0 aromatic heterocycles. The maximum Gasteiger partial charge on any atom is 0.226 e. The summed E-state index contributed by atoms with van der Waals surface area (Å²) in [6.45, 7) is 5.17. The van der Waals surface area contributed by atoms with Crippen LogP contribution in [0, 0.1) is 25.7 Å². The maximum atomic E-state index is 12.9. The summed E-state index contributed by atoms with van der Waals surface area (Å²) in [6, 6.07) is 6.72. The number of nitrogens with two attached hydrogens (primary N) is 1. The number of hydrogen-bond donors (Lipinski definition) is 1. The first-order valence-corrected chi connectivity index (χ1v) is 9.59. The summed E-state index contributed by atoms with van der Waals surface area (Å²) in [5.41, 5.74) is 9.24. The van der Waals surface area contributed by atoms with Gasteiger partial charge in [0.05, 0.1) is 0 Å². The Bertz CT molecular complexity index is 627. The molecule has 0 radical (unpaired) electrons. The van der Waals surface area contributed by atoms with Gasteiger partial charge in [-0.2, -0.15) is 0 Å². The highest BCUT2D eigenvalue weighted by Crippen LogP contribution is 2.34. The van der Waals surface area contributed by atoms with Gasteiger partial charge in [0.15, 0.2) is 0 Å². The Morgan fingerprint density at radius 2 is 1.76 bits per heavy atom. The molecule has 0 bridgehead atoms. The number of primary amides is 1. The lowest BCUT2D eigenvalue weighted by Gasteiger charge is -2.34. The molecule has 4 nitrogen and oxygen atoms in total. The maximum absolute atomic E-state index is 12.9. The van der Waals surface area contributed by atoms with E-state index in [1.165, 1.54) is 16.7 Å². The summed E-state index contributed by atoms with van der Waals surface area (Å²) in [6.07, 6.45) is 6.38. The zero-order chi connectivity index (χ0) is 18.0. The first-order chi connectivity index (χ1) is 12.0. The van der Waals surface area contributed by atoms with Gasteiger partial charge in [-0.15, -0.1) is 0 Å². The topological polar surface area (TPSA) is 63.4 Å². The fraction of sp³-hybridized carbons (Fsp3) is 0.619. The largest absolute Gasteiger partial charge is 0.370 e. The van der Waals surface area contributed by atoms with E-state index in [0.29, 0.717) is 24.3 Å². The zero-order valence-electron chi connectivity index (χ0n) is 15.5. The van der Waals surface area contributed by atoms with Crippen molar-refractivity contribution in [3.05, 3.63) is 34.9 Å². The Morgan fingerprint density at radius 3 is 2.36 bits per heavy atom. The Labute approximate surface area is 150 Å². The van der Waals surface area contributed by atoms with Crippen molar-refractivity contribution >= 4 is 11.8 Å². The van der Waals surface area contributed by atoms with Crippen molar-refractivity contribution in [1.82, 2.24) is 4.90 Å². The van der Waals surface area contributed by atoms with Gasteiger partial charge in [0.2, 0.25) is 11.8 Å². The van der Waals surface area contributed by atoms with Crippen molar-refractivity contribution < 1.29 is 9.59 Å². The third kappa shape index (κ3) is 4.05. The predicted octanol–water partition coefficient (Wildman–Crippen LogP) is 3.13. The van der Waals surface area contributed by atoms with Crippen LogP contribution in [-0.4, -0.2) is 29.3 Å². The molecule has 1 aliphatic heterocycles. The van der Waals surface area contributed by atoms with Crippen molar-refractivity contribution in [2.24, 2.45) is 17.6 Å². The first-order valence-electron chi connectivity index (χ1n) is 9.59. The normalized spacial score (nSPS) is 26.9. The van der Waals surface area contributed by atoms with E-state index in [2.05, 4.69) is 36.9 Å². The van der Waals surface area contributed by atoms with Gasteiger partial charge in [-0.25, -0.2) is 0 Å². The smallest absolute Gasteiger partial charge is 0.226 e. The monoisotopic (exact) mass is 342 g/mol. The van der Waals surface area contributed by atoms with E-state index in [1.807, 2.05) is 0 Å². The van der Waals surface area contributed by atoms with E-state index in [-0.39, 0.29) is 11.8 Å². The molecule has 2 amide bonds. The van der Waals surface area contributed by atoms with E-state index in [9.17, 15) is 9.59 Å². The highest BCUT2D eigenvalue weighted by molar-refractivity contribution is 5.81. The highest BCUT2D eigenvalue weighted by Gasteiger charge is 2.37. The van der Waals surface area contributed by atoms with Gasteiger partial charge < -0.3 is 10.6 Å². The first kappa shape index (κ1) is 18.0. The van der Waals surface area contributed by atoms with Crippen LogP contribution in [0.15, 0.2) is 18.2 Å². The lowest BCUT2D eigenvalue weighted by atomic mass is 9.83. The molecule has 3 rings (SSSR count). The van der Waals surface area contributed by atoms with Crippen LogP contribution in [0.2, 0.25) is 0 Å². The Kier molecular flexibility index (Phi) is 5.45. The van der Waals surface area contributed by atoms with Crippen LogP contribution in [0.25, 0.3) is 0 Å². The summed E-state index contributed by atoms with van der Waals surface area (Å²) in [7, 11) is 0. The molecular formula is C21H30N2O2. The van der Waals surface area contributed by atoms with Crippen molar-refractivity contribution in [3.63, 3.8) is 0 Å². The summed E-state index contributed by atoms with van der Waals surface area (Å²) in [5.74, 6) is 0.676. The predicted molar refractivity (Wildman–Crippen MR) is 99.0 cm³/mol. The van der Waals surface area contributed by atoms with Gasteiger partial charge in [0, 0.05) is 24.9 Å². The van der Waals surface area contributed by atoms with E-state index >= 15 is 0 Å². The molecule has 1 saturated carbocycles. The average Bonchev–Trinajstić information content (AvgIpc) is 2.92. The minimum atomic E-state index is -0.200. The van der Waals surface area contributed by atoms with Gasteiger partial charge >= 0.3 is 0 Å². The molecule has 1 aromatic carbocycles. The number of carbonyl (C=O) groups is 2. The molecular weight excluding hydrogens is 312 g/mol. The summed E-state index contributed by atoms with van der Waals surface area (Å²) >= 11 is 0. The van der Waals surface area contributed by atoms with Gasteiger partial charge in [-0.1, -0.05) is 18.2 Å². The number of amides is 2. The van der Waals surface area contributed by atoms with Gasteiger partial charge in [0.1, 0.15) is 0 Å². The number of carbonyl (C=O) groups excluding carboxylic acids is 2. The summed E-state index contributed by atoms with van der Waals surface area (Å²) < 4.78 is 0. The molecule has 1 saturated heterocycles. The highest BCUT2D eigenvalue weighted by atomic mass is 16.2. The van der Waals surface area contributed by atoms with Crippen LogP contribution in [0.3, 0.4) is 0 Å². The molecule has 4 heteroatoms. The quantitative estimate of drug-likeness (QED) is 0.893. The van der Waals surface area contributed by atoms with E-state index in [4.69, 9.17) is 5.73 Å². The lowest BCUT2D eigenvalue weighted by molar-refractivity contribution is -0.133. The third-order valence-electron chi connectivity index (χ3n) is 6.19. The van der Waals surface area contributed by atoms with Crippen LogP contribution in [-0.2, 0) is 16.0 Å². The van der Waals surface area contributed by atoms with Crippen molar-refractivity contribution in [2.45, 2.75) is 64.8 Å².